The largest absolute Gasteiger partial charge is 0.468 e. The Labute approximate surface area is 73.2 Å². The first-order chi connectivity index (χ1) is 4.72. The summed E-state index contributed by atoms with van der Waals surface area (Å²) in [6, 6.07) is 3.80. The van der Waals surface area contributed by atoms with E-state index in [-0.39, 0.29) is 18.4 Å². The third-order valence-electron chi connectivity index (χ3n) is 1.59. The smallest absolute Gasteiger partial charge is 0.120 e. The molecule has 1 heterocycles. The van der Waals surface area contributed by atoms with Gasteiger partial charge in [-0.1, -0.05) is 13.8 Å². The van der Waals surface area contributed by atoms with Gasteiger partial charge in [0, 0.05) is 0 Å². The average molecular weight is 176 g/mol. The zero-order valence-electron chi connectivity index (χ0n) is 6.78. The summed E-state index contributed by atoms with van der Waals surface area (Å²) in [5.74, 6) is 1.31. The maximum absolute atomic E-state index is 5.79. The van der Waals surface area contributed by atoms with Crippen LogP contribution in [0, 0.1) is 5.92 Å². The first-order valence-electron chi connectivity index (χ1n) is 3.51. The van der Waals surface area contributed by atoms with E-state index in [0.717, 1.165) is 5.76 Å². The molecule has 0 aliphatic carbocycles. The van der Waals surface area contributed by atoms with E-state index < -0.39 is 0 Å². The van der Waals surface area contributed by atoms with E-state index >= 15 is 0 Å². The van der Waals surface area contributed by atoms with Gasteiger partial charge in [0.25, 0.3) is 0 Å². The summed E-state index contributed by atoms with van der Waals surface area (Å²) in [6.07, 6.45) is 1.65. The quantitative estimate of drug-likeness (QED) is 0.750. The summed E-state index contributed by atoms with van der Waals surface area (Å²) in [5, 5.41) is 0. The molecule has 0 saturated heterocycles. The van der Waals surface area contributed by atoms with Crippen molar-refractivity contribution >= 4 is 12.4 Å². The molecule has 0 saturated carbocycles. The highest BCUT2D eigenvalue weighted by molar-refractivity contribution is 5.85. The van der Waals surface area contributed by atoms with Crippen LogP contribution in [0.4, 0.5) is 0 Å². The highest BCUT2D eigenvalue weighted by Crippen LogP contribution is 2.18. The van der Waals surface area contributed by atoms with E-state index in [9.17, 15) is 0 Å². The van der Waals surface area contributed by atoms with Crippen LogP contribution >= 0.6 is 12.4 Å². The molecule has 0 radical (unpaired) electrons. The van der Waals surface area contributed by atoms with Crippen molar-refractivity contribution in [2.45, 2.75) is 19.9 Å². The third-order valence-corrected chi connectivity index (χ3v) is 1.59. The Morgan fingerprint density at radius 1 is 1.45 bits per heavy atom. The van der Waals surface area contributed by atoms with E-state index in [1.807, 2.05) is 12.1 Å². The minimum atomic E-state index is 0. The number of nitrogens with two attached hydrogens (primary N) is 1. The Morgan fingerprint density at radius 3 is 2.45 bits per heavy atom. The molecule has 2 N–H and O–H groups in total. The molecule has 1 rings (SSSR count). The summed E-state index contributed by atoms with van der Waals surface area (Å²) < 4.78 is 5.13. The van der Waals surface area contributed by atoms with Crippen LogP contribution in [0.3, 0.4) is 0 Å². The molecule has 11 heavy (non-hydrogen) atoms. The first kappa shape index (κ1) is 10.5. The van der Waals surface area contributed by atoms with E-state index in [1.54, 1.807) is 6.26 Å². The Hall–Kier alpha value is -0.470. The van der Waals surface area contributed by atoms with Gasteiger partial charge in [0.2, 0.25) is 0 Å². The monoisotopic (exact) mass is 175 g/mol. The van der Waals surface area contributed by atoms with E-state index in [0.29, 0.717) is 5.92 Å². The molecule has 3 heteroatoms. The summed E-state index contributed by atoms with van der Waals surface area (Å²) in [6.45, 7) is 4.15. The molecule has 2 nitrogen and oxygen atoms in total. The summed E-state index contributed by atoms with van der Waals surface area (Å²) in [5.41, 5.74) is 5.79. The van der Waals surface area contributed by atoms with Crippen LogP contribution in [-0.2, 0) is 0 Å². The SMILES string of the molecule is CC(C)C(N)c1ccco1.Cl. The Morgan fingerprint density at radius 2 is 2.09 bits per heavy atom. The zero-order chi connectivity index (χ0) is 7.56. The highest BCUT2D eigenvalue weighted by Gasteiger charge is 2.11. The second-order valence-corrected chi connectivity index (χ2v) is 2.79. The van der Waals surface area contributed by atoms with Gasteiger partial charge in [-0.05, 0) is 18.1 Å². The van der Waals surface area contributed by atoms with Crippen LogP contribution in [0.5, 0.6) is 0 Å². The maximum Gasteiger partial charge on any atom is 0.120 e. The fourth-order valence-electron chi connectivity index (χ4n) is 0.809. The van der Waals surface area contributed by atoms with Crippen molar-refractivity contribution in [2.24, 2.45) is 11.7 Å². The van der Waals surface area contributed by atoms with Crippen LogP contribution in [0.15, 0.2) is 22.8 Å². The molecule has 0 amide bonds. The molecule has 64 valence electrons. The van der Waals surface area contributed by atoms with E-state index in [1.165, 1.54) is 0 Å². The van der Waals surface area contributed by atoms with Gasteiger partial charge in [-0.15, -0.1) is 12.4 Å². The predicted molar refractivity (Wildman–Crippen MR) is 47.7 cm³/mol. The van der Waals surface area contributed by atoms with Crippen LogP contribution < -0.4 is 5.73 Å². The Bertz CT molecular complexity index is 184. The fourth-order valence-corrected chi connectivity index (χ4v) is 0.809. The number of halogens is 1. The lowest BCUT2D eigenvalue weighted by molar-refractivity contribution is 0.402. The van der Waals surface area contributed by atoms with Crippen molar-refractivity contribution in [2.75, 3.05) is 0 Å². The lowest BCUT2D eigenvalue weighted by Gasteiger charge is -2.11. The van der Waals surface area contributed by atoms with E-state index in [4.69, 9.17) is 10.2 Å². The zero-order valence-corrected chi connectivity index (χ0v) is 7.60. The molecule has 0 aromatic carbocycles. The maximum atomic E-state index is 5.79. The lowest BCUT2D eigenvalue weighted by atomic mass is 10.0. The molecule has 1 unspecified atom stereocenters. The molecule has 0 fully saturated rings. The van der Waals surface area contributed by atoms with Gasteiger partial charge in [0.1, 0.15) is 5.76 Å². The van der Waals surface area contributed by atoms with Crippen LogP contribution in [0.2, 0.25) is 0 Å². The van der Waals surface area contributed by atoms with Gasteiger partial charge in [0.15, 0.2) is 0 Å². The van der Waals surface area contributed by atoms with Crippen LogP contribution in [-0.4, -0.2) is 0 Å². The third kappa shape index (κ3) is 2.56. The summed E-state index contributed by atoms with van der Waals surface area (Å²) >= 11 is 0. The van der Waals surface area contributed by atoms with E-state index in [2.05, 4.69) is 13.8 Å². The van der Waals surface area contributed by atoms with Crippen molar-refractivity contribution in [3.8, 4) is 0 Å². The van der Waals surface area contributed by atoms with Crippen LogP contribution in [0.25, 0.3) is 0 Å². The predicted octanol–water partition coefficient (Wildman–Crippen LogP) is 2.36. The minimum absolute atomic E-state index is 0. The van der Waals surface area contributed by atoms with Gasteiger partial charge >= 0.3 is 0 Å². The van der Waals surface area contributed by atoms with Gasteiger partial charge in [-0.25, -0.2) is 0 Å². The topological polar surface area (TPSA) is 39.2 Å². The highest BCUT2D eigenvalue weighted by atomic mass is 35.5. The number of hydrogen-bond acceptors (Lipinski definition) is 2. The molecule has 1 atom stereocenters. The van der Waals surface area contributed by atoms with Crippen molar-refractivity contribution < 1.29 is 4.42 Å². The standard InChI is InChI=1S/C8H13NO.ClH/c1-6(2)8(9)7-4-3-5-10-7;/h3-6,8H,9H2,1-2H3;1H. The second kappa shape index (κ2) is 4.42. The Kier molecular flexibility index (Phi) is 4.23. The minimum Gasteiger partial charge on any atom is -0.468 e. The number of hydrogen-bond donors (Lipinski definition) is 1. The molecular weight excluding hydrogens is 162 g/mol. The first-order valence-corrected chi connectivity index (χ1v) is 3.51. The summed E-state index contributed by atoms with van der Waals surface area (Å²) in [4.78, 5) is 0. The number of furan rings is 1. The lowest BCUT2D eigenvalue weighted by Crippen LogP contribution is -2.15. The van der Waals surface area contributed by atoms with Gasteiger partial charge < -0.3 is 10.2 Å². The van der Waals surface area contributed by atoms with Crippen molar-refractivity contribution in [3.05, 3.63) is 24.2 Å². The number of rotatable bonds is 2. The molecule has 0 aliphatic rings. The normalized spacial score (nSPS) is 12.7. The van der Waals surface area contributed by atoms with Crippen molar-refractivity contribution in [1.29, 1.82) is 0 Å². The fraction of sp³-hybridized carbons (Fsp3) is 0.500. The van der Waals surface area contributed by atoms with Crippen molar-refractivity contribution in [3.63, 3.8) is 0 Å². The average Bonchev–Trinajstić information content (AvgIpc) is 2.36. The molecule has 1 aromatic heterocycles. The summed E-state index contributed by atoms with van der Waals surface area (Å²) in [7, 11) is 0. The van der Waals surface area contributed by atoms with Gasteiger partial charge in [-0.2, -0.15) is 0 Å². The molecule has 1 aromatic rings. The molecule has 0 spiro atoms. The van der Waals surface area contributed by atoms with Crippen LogP contribution in [0.1, 0.15) is 25.6 Å². The van der Waals surface area contributed by atoms with Crippen molar-refractivity contribution in [1.82, 2.24) is 0 Å². The van der Waals surface area contributed by atoms with Gasteiger partial charge in [-0.3, -0.25) is 0 Å². The molecule has 0 aliphatic heterocycles. The van der Waals surface area contributed by atoms with Gasteiger partial charge in [0.05, 0.1) is 12.3 Å². The Balaban J connectivity index is 0.000001000. The molecular formula is C8H14ClNO. The molecule has 0 bridgehead atoms. The second-order valence-electron chi connectivity index (χ2n) is 2.79.